The van der Waals surface area contributed by atoms with Gasteiger partial charge in [0.25, 0.3) is 10.0 Å². The summed E-state index contributed by atoms with van der Waals surface area (Å²) >= 11 is 0. The summed E-state index contributed by atoms with van der Waals surface area (Å²) in [6, 6.07) is 9.99. The Balaban J connectivity index is 2.34. The molecule has 0 saturated carbocycles. The van der Waals surface area contributed by atoms with Crippen molar-refractivity contribution in [1.82, 2.24) is 9.78 Å². The zero-order valence-electron chi connectivity index (χ0n) is 10.3. The third-order valence-corrected chi connectivity index (χ3v) is 3.86. The van der Waals surface area contributed by atoms with Crippen LogP contribution in [0.4, 0.5) is 5.82 Å². The van der Waals surface area contributed by atoms with Crippen LogP contribution in [0.25, 0.3) is 0 Å². The van der Waals surface area contributed by atoms with Crippen molar-refractivity contribution >= 4 is 15.8 Å². The summed E-state index contributed by atoms with van der Waals surface area (Å²) in [7, 11) is -3.54. The molecule has 1 aromatic heterocycles. The maximum absolute atomic E-state index is 12.1. The Bertz CT molecular complexity index is 633. The summed E-state index contributed by atoms with van der Waals surface area (Å²) in [6.45, 7) is 4.35. The molecule has 18 heavy (non-hydrogen) atoms. The zero-order chi connectivity index (χ0) is 13.2. The molecular formula is C12H15N3O2S. The first kappa shape index (κ1) is 12.6. The summed E-state index contributed by atoms with van der Waals surface area (Å²) in [6.07, 6.45) is 0. The largest absolute Gasteiger partial charge is 0.264 e. The van der Waals surface area contributed by atoms with Gasteiger partial charge >= 0.3 is 0 Å². The highest BCUT2D eigenvalue weighted by atomic mass is 32.2. The highest BCUT2D eigenvalue weighted by Gasteiger charge is 2.16. The highest BCUT2D eigenvalue weighted by molar-refractivity contribution is 7.92. The molecular weight excluding hydrogens is 250 g/mol. The van der Waals surface area contributed by atoms with Gasteiger partial charge in [0.15, 0.2) is 0 Å². The summed E-state index contributed by atoms with van der Waals surface area (Å²) in [5.74, 6) is 0.485. The van der Waals surface area contributed by atoms with Gasteiger partial charge in [-0.2, -0.15) is 5.10 Å². The van der Waals surface area contributed by atoms with E-state index in [-0.39, 0.29) is 4.90 Å². The van der Waals surface area contributed by atoms with E-state index in [2.05, 4.69) is 9.82 Å². The Labute approximate surface area is 107 Å². The van der Waals surface area contributed by atoms with Crippen LogP contribution in [0.5, 0.6) is 0 Å². The third kappa shape index (κ3) is 2.53. The van der Waals surface area contributed by atoms with E-state index in [1.807, 2.05) is 13.8 Å². The van der Waals surface area contributed by atoms with Crippen LogP contribution in [0.1, 0.15) is 12.6 Å². The molecule has 0 bridgehead atoms. The summed E-state index contributed by atoms with van der Waals surface area (Å²) in [5, 5.41) is 4.20. The maximum Gasteiger partial charge on any atom is 0.263 e. The number of benzene rings is 1. The summed E-state index contributed by atoms with van der Waals surface area (Å²) in [4.78, 5) is 0.242. The van der Waals surface area contributed by atoms with Gasteiger partial charge in [-0.25, -0.2) is 13.1 Å². The summed E-state index contributed by atoms with van der Waals surface area (Å²) in [5.41, 5.74) is 0.780. The van der Waals surface area contributed by atoms with Crippen LogP contribution in [-0.2, 0) is 16.6 Å². The van der Waals surface area contributed by atoms with Crippen molar-refractivity contribution in [3.05, 3.63) is 42.1 Å². The van der Waals surface area contributed by atoms with E-state index in [4.69, 9.17) is 0 Å². The number of aromatic nitrogens is 2. The molecule has 0 saturated heterocycles. The number of nitrogens with one attached hydrogen (secondary N) is 1. The van der Waals surface area contributed by atoms with Crippen LogP contribution in [0.3, 0.4) is 0 Å². The van der Waals surface area contributed by atoms with Gasteiger partial charge in [0, 0.05) is 12.6 Å². The van der Waals surface area contributed by atoms with Crippen LogP contribution >= 0.6 is 0 Å². The van der Waals surface area contributed by atoms with Crippen LogP contribution in [0, 0.1) is 6.92 Å². The van der Waals surface area contributed by atoms with Crippen molar-refractivity contribution in [2.75, 3.05) is 4.72 Å². The molecule has 0 atom stereocenters. The average Bonchev–Trinajstić information content (AvgIpc) is 2.70. The second-order valence-electron chi connectivity index (χ2n) is 3.91. The number of sulfonamides is 1. The Hall–Kier alpha value is -1.82. The summed E-state index contributed by atoms with van der Waals surface area (Å²) < 4.78 is 28.4. The van der Waals surface area contributed by atoms with Crippen molar-refractivity contribution in [2.45, 2.75) is 25.3 Å². The van der Waals surface area contributed by atoms with E-state index in [1.54, 1.807) is 41.1 Å². The quantitative estimate of drug-likeness (QED) is 0.919. The molecule has 0 aliphatic rings. The smallest absolute Gasteiger partial charge is 0.263 e. The van der Waals surface area contributed by atoms with E-state index < -0.39 is 10.0 Å². The van der Waals surface area contributed by atoms with E-state index in [1.165, 1.54) is 0 Å². The minimum Gasteiger partial charge on any atom is -0.264 e. The van der Waals surface area contributed by atoms with Gasteiger partial charge in [-0.05, 0) is 26.0 Å². The second-order valence-corrected chi connectivity index (χ2v) is 5.59. The van der Waals surface area contributed by atoms with Crippen molar-refractivity contribution in [1.29, 1.82) is 0 Å². The lowest BCUT2D eigenvalue weighted by Gasteiger charge is -2.08. The molecule has 0 spiro atoms. The molecule has 0 aliphatic heterocycles. The predicted molar refractivity (Wildman–Crippen MR) is 69.9 cm³/mol. The lowest BCUT2D eigenvalue weighted by atomic mass is 10.4. The number of hydrogen-bond donors (Lipinski definition) is 1. The molecule has 5 nitrogen and oxygen atoms in total. The van der Waals surface area contributed by atoms with Gasteiger partial charge in [0.1, 0.15) is 5.82 Å². The number of aryl methyl sites for hydroxylation is 2. The minimum atomic E-state index is -3.54. The minimum absolute atomic E-state index is 0.242. The van der Waals surface area contributed by atoms with Gasteiger partial charge < -0.3 is 0 Å². The standard InChI is InChI=1S/C12H15N3O2S/c1-3-15-12(9-10(2)13-15)14-18(16,17)11-7-5-4-6-8-11/h4-9,14H,3H2,1-2H3. The first-order chi connectivity index (χ1) is 8.53. The topological polar surface area (TPSA) is 64.0 Å². The van der Waals surface area contributed by atoms with Gasteiger partial charge in [-0.1, -0.05) is 18.2 Å². The Morgan fingerprint density at radius 1 is 1.28 bits per heavy atom. The Morgan fingerprint density at radius 2 is 1.94 bits per heavy atom. The van der Waals surface area contributed by atoms with E-state index in [0.29, 0.717) is 12.4 Å². The Morgan fingerprint density at radius 3 is 2.56 bits per heavy atom. The fraction of sp³-hybridized carbons (Fsp3) is 0.250. The average molecular weight is 265 g/mol. The molecule has 2 rings (SSSR count). The van der Waals surface area contributed by atoms with Crippen molar-refractivity contribution in [2.24, 2.45) is 0 Å². The first-order valence-corrected chi connectivity index (χ1v) is 7.13. The van der Waals surface area contributed by atoms with Gasteiger partial charge in [0.2, 0.25) is 0 Å². The number of hydrogen-bond acceptors (Lipinski definition) is 3. The third-order valence-electron chi connectivity index (χ3n) is 2.49. The molecule has 0 amide bonds. The normalized spacial score (nSPS) is 11.4. The molecule has 0 aliphatic carbocycles. The fourth-order valence-corrected chi connectivity index (χ4v) is 2.74. The van der Waals surface area contributed by atoms with Crippen LogP contribution in [-0.4, -0.2) is 18.2 Å². The molecule has 0 fully saturated rings. The van der Waals surface area contributed by atoms with Crippen molar-refractivity contribution in [3.63, 3.8) is 0 Å². The monoisotopic (exact) mass is 265 g/mol. The molecule has 6 heteroatoms. The SMILES string of the molecule is CCn1nc(C)cc1NS(=O)(=O)c1ccccc1. The highest BCUT2D eigenvalue weighted by Crippen LogP contribution is 2.16. The predicted octanol–water partition coefficient (Wildman–Crippen LogP) is 2.01. The molecule has 1 heterocycles. The Kier molecular flexibility index (Phi) is 3.38. The molecule has 0 unspecified atom stereocenters. The lowest BCUT2D eigenvalue weighted by molar-refractivity contribution is 0.599. The molecule has 2 aromatic rings. The maximum atomic E-state index is 12.1. The van der Waals surface area contributed by atoms with Crippen LogP contribution in [0.2, 0.25) is 0 Å². The van der Waals surface area contributed by atoms with E-state index >= 15 is 0 Å². The fourth-order valence-electron chi connectivity index (χ4n) is 1.66. The van der Waals surface area contributed by atoms with Gasteiger partial charge in [-0.3, -0.25) is 4.72 Å². The number of rotatable bonds is 4. The van der Waals surface area contributed by atoms with Crippen LogP contribution in [0.15, 0.2) is 41.3 Å². The molecule has 96 valence electrons. The lowest BCUT2D eigenvalue weighted by Crippen LogP contribution is -2.16. The number of nitrogens with zero attached hydrogens (tertiary/aromatic N) is 2. The molecule has 1 N–H and O–H groups in total. The van der Waals surface area contributed by atoms with Gasteiger partial charge in [-0.15, -0.1) is 0 Å². The van der Waals surface area contributed by atoms with Crippen molar-refractivity contribution < 1.29 is 8.42 Å². The van der Waals surface area contributed by atoms with Crippen molar-refractivity contribution in [3.8, 4) is 0 Å². The first-order valence-electron chi connectivity index (χ1n) is 5.65. The zero-order valence-corrected chi connectivity index (χ0v) is 11.1. The second kappa shape index (κ2) is 4.81. The molecule has 1 aromatic carbocycles. The van der Waals surface area contributed by atoms with Gasteiger partial charge in [0.05, 0.1) is 10.6 Å². The number of anilines is 1. The van der Waals surface area contributed by atoms with E-state index in [9.17, 15) is 8.42 Å². The van der Waals surface area contributed by atoms with Crippen LogP contribution < -0.4 is 4.72 Å². The molecule has 0 radical (unpaired) electrons. The van der Waals surface area contributed by atoms with E-state index in [0.717, 1.165) is 5.69 Å².